The lowest BCUT2D eigenvalue weighted by Crippen LogP contribution is -2.08. The van der Waals surface area contributed by atoms with E-state index in [1.807, 2.05) is 6.92 Å². The van der Waals surface area contributed by atoms with Gasteiger partial charge in [0, 0.05) is 12.4 Å². The largest absolute Gasteiger partial charge is 0.466 e. The summed E-state index contributed by atoms with van der Waals surface area (Å²) in [5.41, 5.74) is 0.959. The smallest absolute Gasteiger partial charge is 0.306 e. The van der Waals surface area contributed by atoms with Gasteiger partial charge in [-0.2, -0.15) is 0 Å². The van der Waals surface area contributed by atoms with Crippen LogP contribution in [-0.4, -0.2) is 22.5 Å². The third kappa shape index (κ3) is 3.12. The van der Waals surface area contributed by atoms with Crippen LogP contribution in [-0.2, 0) is 9.53 Å². The van der Waals surface area contributed by atoms with Crippen molar-refractivity contribution in [1.82, 2.24) is 9.97 Å². The molecule has 1 heterocycles. The Hall–Kier alpha value is -1.45. The molecule has 1 atom stereocenters. The minimum absolute atomic E-state index is 0.107. The van der Waals surface area contributed by atoms with Gasteiger partial charge in [0.25, 0.3) is 0 Å². The summed E-state index contributed by atoms with van der Waals surface area (Å²) in [5.74, 6) is -0.0703. The van der Waals surface area contributed by atoms with Crippen molar-refractivity contribution in [1.29, 1.82) is 0 Å². The third-order valence-corrected chi connectivity index (χ3v) is 1.93. The molecule has 76 valence electrons. The van der Waals surface area contributed by atoms with E-state index < -0.39 is 0 Å². The molecule has 0 spiro atoms. The summed E-state index contributed by atoms with van der Waals surface area (Å²) in [4.78, 5) is 19.0. The second-order valence-electron chi connectivity index (χ2n) is 3.08. The van der Waals surface area contributed by atoms with Crippen molar-refractivity contribution in [3.63, 3.8) is 0 Å². The van der Waals surface area contributed by atoms with Crippen LogP contribution in [0.4, 0.5) is 0 Å². The molecule has 0 saturated heterocycles. The SMILES string of the molecule is CCOC(=O)CC(C)c1cncnc1. The second kappa shape index (κ2) is 5.32. The minimum Gasteiger partial charge on any atom is -0.466 e. The zero-order valence-electron chi connectivity index (χ0n) is 8.43. The van der Waals surface area contributed by atoms with Gasteiger partial charge in [-0.1, -0.05) is 6.92 Å². The molecule has 0 saturated carbocycles. The molecule has 0 bridgehead atoms. The van der Waals surface area contributed by atoms with E-state index in [2.05, 4.69) is 9.97 Å². The lowest BCUT2D eigenvalue weighted by Gasteiger charge is -2.09. The first kappa shape index (κ1) is 10.6. The molecule has 0 aromatic carbocycles. The van der Waals surface area contributed by atoms with Crippen molar-refractivity contribution in [3.8, 4) is 0 Å². The Bertz CT molecular complexity index is 287. The number of carbonyl (C=O) groups is 1. The maximum Gasteiger partial charge on any atom is 0.306 e. The van der Waals surface area contributed by atoms with E-state index in [1.54, 1.807) is 19.3 Å². The van der Waals surface area contributed by atoms with Gasteiger partial charge < -0.3 is 4.74 Å². The number of carbonyl (C=O) groups excluding carboxylic acids is 1. The molecule has 1 rings (SSSR count). The van der Waals surface area contributed by atoms with Gasteiger partial charge in [0.05, 0.1) is 13.0 Å². The van der Waals surface area contributed by atoms with Crippen LogP contribution in [0.3, 0.4) is 0 Å². The van der Waals surface area contributed by atoms with Gasteiger partial charge in [0.2, 0.25) is 0 Å². The summed E-state index contributed by atoms with van der Waals surface area (Å²) in [7, 11) is 0. The molecule has 0 amide bonds. The summed E-state index contributed by atoms with van der Waals surface area (Å²) in [6.07, 6.45) is 5.29. The van der Waals surface area contributed by atoms with Gasteiger partial charge in [-0.3, -0.25) is 4.79 Å². The highest BCUT2D eigenvalue weighted by molar-refractivity contribution is 5.70. The highest BCUT2D eigenvalue weighted by Crippen LogP contribution is 2.16. The summed E-state index contributed by atoms with van der Waals surface area (Å²) in [6, 6.07) is 0. The van der Waals surface area contributed by atoms with Crippen molar-refractivity contribution < 1.29 is 9.53 Å². The molecule has 1 unspecified atom stereocenters. The zero-order valence-corrected chi connectivity index (χ0v) is 8.43. The van der Waals surface area contributed by atoms with E-state index in [-0.39, 0.29) is 11.9 Å². The van der Waals surface area contributed by atoms with Gasteiger partial charge in [0.1, 0.15) is 6.33 Å². The highest BCUT2D eigenvalue weighted by atomic mass is 16.5. The quantitative estimate of drug-likeness (QED) is 0.682. The fourth-order valence-electron chi connectivity index (χ4n) is 1.15. The highest BCUT2D eigenvalue weighted by Gasteiger charge is 2.11. The summed E-state index contributed by atoms with van der Waals surface area (Å²) < 4.78 is 4.85. The van der Waals surface area contributed by atoms with Gasteiger partial charge in [-0.15, -0.1) is 0 Å². The van der Waals surface area contributed by atoms with Crippen LogP contribution in [0.15, 0.2) is 18.7 Å². The topological polar surface area (TPSA) is 52.1 Å². The maximum atomic E-state index is 11.2. The van der Waals surface area contributed by atoms with Crippen molar-refractivity contribution in [2.75, 3.05) is 6.61 Å². The van der Waals surface area contributed by atoms with Crippen LogP contribution in [0.25, 0.3) is 0 Å². The molecule has 0 fully saturated rings. The van der Waals surface area contributed by atoms with E-state index in [0.29, 0.717) is 13.0 Å². The molecule has 0 radical (unpaired) electrons. The van der Waals surface area contributed by atoms with Crippen LogP contribution >= 0.6 is 0 Å². The first-order valence-corrected chi connectivity index (χ1v) is 4.64. The predicted octanol–water partition coefficient (Wildman–Crippen LogP) is 1.53. The number of ether oxygens (including phenoxy) is 1. The number of rotatable bonds is 4. The first-order chi connectivity index (χ1) is 6.74. The maximum absolute atomic E-state index is 11.2. The Kier molecular flexibility index (Phi) is 4.04. The Morgan fingerprint density at radius 1 is 1.50 bits per heavy atom. The molecule has 0 N–H and O–H groups in total. The lowest BCUT2D eigenvalue weighted by atomic mass is 10.0. The molecule has 1 aromatic rings. The molecule has 0 aliphatic carbocycles. The Morgan fingerprint density at radius 2 is 2.14 bits per heavy atom. The van der Waals surface area contributed by atoms with E-state index in [1.165, 1.54) is 6.33 Å². The van der Waals surface area contributed by atoms with E-state index in [0.717, 1.165) is 5.56 Å². The molecular weight excluding hydrogens is 180 g/mol. The van der Waals surface area contributed by atoms with Crippen molar-refractivity contribution in [2.45, 2.75) is 26.2 Å². The number of aromatic nitrogens is 2. The standard InChI is InChI=1S/C10H14N2O2/c1-3-14-10(13)4-8(2)9-5-11-7-12-6-9/h5-8H,3-4H2,1-2H3. The van der Waals surface area contributed by atoms with Gasteiger partial charge >= 0.3 is 5.97 Å². The second-order valence-corrected chi connectivity index (χ2v) is 3.08. The fourth-order valence-corrected chi connectivity index (χ4v) is 1.15. The lowest BCUT2D eigenvalue weighted by molar-refractivity contribution is -0.143. The number of hydrogen-bond acceptors (Lipinski definition) is 4. The average molecular weight is 194 g/mol. The number of hydrogen-bond donors (Lipinski definition) is 0. The zero-order chi connectivity index (χ0) is 10.4. The number of nitrogens with zero attached hydrogens (tertiary/aromatic N) is 2. The number of esters is 1. The van der Waals surface area contributed by atoms with Crippen molar-refractivity contribution >= 4 is 5.97 Å². The van der Waals surface area contributed by atoms with Crippen LogP contribution < -0.4 is 0 Å². The van der Waals surface area contributed by atoms with Gasteiger partial charge in [0.15, 0.2) is 0 Å². The normalized spacial score (nSPS) is 12.1. The van der Waals surface area contributed by atoms with Crippen LogP contribution in [0.1, 0.15) is 31.7 Å². The van der Waals surface area contributed by atoms with Crippen molar-refractivity contribution in [2.24, 2.45) is 0 Å². The molecule has 4 heteroatoms. The Balaban J connectivity index is 2.50. The van der Waals surface area contributed by atoms with Gasteiger partial charge in [-0.05, 0) is 18.4 Å². The molecule has 1 aromatic heterocycles. The molecule has 14 heavy (non-hydrogen) atoms. The third-order valence-electron chi connectivity index (χ3n) is 1.93. The van der Waals surface area contributed by atoms with E-state index >= 15 is 0 Å². The summed E-state index contributed by atoms with van der Waals surface area (Å²) in [6.45, 7) is 4.18. The Labute approximate surface area is 83.3 Å². The van der Waals surface area contributed by atoms with E-state index in [4.69, 9.17) is 4.74 Å². The summed E-state index contributed by atoms with van der Waals surface area (Å²) in [5, 5.41) is 0. The van der Waals surface area contributed by atoms with Crippen LogP contribution in [0, 0.1) is 0 Å². The average Bonchev–Trinajstić information content (AvgIpc) is 2.19. The molecular formula is C10H14N2O2. The minimum atomic E-state index is -0.177. The van der Waals surface area contributed by atoms with Gasteiger partial charge in [-0.25, -0.2) is 9.97 Å². The van der Waals surface area contributed by atoms with Crippen LogP contribution in [0.2, 0.25) is 0 Å². The molecule has 4 nitrogen and oxygen atoms in total. The molecule has 0 aliphatic heterocycles. The van der Waals surface area contributed by atoms with Crippen molar-refractivity contribution in [3.05, 3.63) is 24.3 Å². The predicted molar refractivity (Wildman–Crippen MR) is 51.7 cm³/mol. The van der Waals surface area contributed by atoms with E-state index in [9.17, 15) is 4.79 Å². The van der Waals surface area contributed by atoms with Crippen LogP contribution in [0.5, 0.6) is 0 Å². The fraction of sp³-hybridized carbons (Fsp3) is 0.500. The first-order valence-electron chi connectivity index (χ1n) is 4.64. The Morgan fingerprint density at radius 3 is 2.71 bits per heavy atom. The summed E-state index contributed by atoms with van der Waals surface area (Å²) >= 11 is 0. The monoisotopic (exact) mass is 194 g/mol. The molecule has 0 aliphatic rings.